The molecule has 0 bridgehead atoms. The Morgan fingerprint density at radius 2 is 2.07 bits per heavy atom. The summed E-state index contributed by atoms with van der Waals surface area (Å²) in [5, 5.41) is 3.39. The molecule has 0 saturated heterocycles. The third-order valence-corrected chi connectivity index (χ3v) is 4.24. The maximum Gasteiger partial charge on any atom is 0.236 e. The fraction of sp³-hybridized carbons (Fsp3) is 0.105. The average Bonchev–Trinajstić information content (AvgIpc) is 3.48. The number of rotatable bonds is 5. The molecule has 9 heteroatoms. The van der Waals surface area contributed by atoms with Crippen molar-refractivity contribution < 1.29 is 13.9 Å². The number of hydrogen-bond acceptors (Lipinski definition) is 7. The van der Waals surface area contributed by atoms with E-state index in [-0.39, 0.29) is 19.2 Å². The van der Waals surface area contributed by atoms with Gasteiger partial charge in [-0.1, -0.05) is 6.07 Å². The smallest absolute Gasteiger partial charge is 0.236 e. The molecule has 0 atom stereocenters. The summed E-state index contributed by atoms with van der Waals surface area (Å²) in [7, 11) is 0. The van der Waals surface area contributed by atoms with Gasteiger partial charge in [-0.25, -0.2) is 9.97 Å². The van der Waals surface area contributed by atoms with E-state index in [2.05, 4.69) is 20.3 Å². The van der Waals surface area contributed by atoms with Gasteiger partial charge in [-0.15, -0.1) is 12.4 Å². The van der Waals surface area contributed by atoms with Crippen LogP contribution in [0.1, 0.15) is 5.56 Å². The molecule has 0 unspecified atom stereocenters. The lowest BCUT2D eigenvalue weighted by Crippen LogP contribution is -2.07. The van der Waals surface area contributed by atoms with E-state index in [1.807, 2.05) is 24.3 Å². The summed E-state index contributed by atoms with van der Waals surface area (Å²) in [5.74, 6) is 2.76. The largest absolute Gasteiger partial charge is 0.472 e. The van der Waals surface area contributed by atoms with Gasteiger partial charge in [0.1, 0.15) is 12.1 Å². The standard InChI is InChI=1S/C19H15N5O3.ClH/c1-2-16-17(27-12-26-16)7-13(1)8-21-18-15(14-3-6-25-10-14)9-22-19(23-18)24-5-4-20-11-24;/h1-7,9-11H,8,12H2,(H,21,22,23);1H. The maximum absolute atomic E-state index is 5.44. The van der Waals surface area contributed by atoms with Crippen molar-refractivity contribution in [3.63, 3.8) is 0 Å². The van der Waals surface area contributed by atoms with Crippen LogP contribution in [0.2, 0.25) is 0 Å². The lowest BCUT2D eigenvalue weighted by atomic mass is 10.1. The molecule has 1 N–H and O–H groups in total. The van der Waals surface area contributed by atoms with Crippen LogP contribution in [0.5, 0.6) is 11.5 Å². The normalized spacial score (nSPS) is 11.9. The van der Waals surface area contributed by atoms with E-state index in [4.69, 9.17) is 13.9 Å². The number of furan rings is 1. The Kier molecular flexibility index (Phi) is 4.86. The highest BCUT2D eigenvalue weighted by molar-refractivity contribution is 5.85. The van der Waals surface area contributed by atoms with Crippen LogP contribution >= 0.6 is 12.4 Å². The molecule has 1 aliphatic rings. The number of fused-ring (bicyclic) bond motifs is 1. The van der Waals surface area contributed by atoms with Crippen molar-refractivity contribution in [3.8, 4) is 28.6 Å². The molecular weight excluding hydrogens is 382 g/mol. The molecular formula is C19H16ClN5O3. The number of halogens is 1. The summed E-state index contributed by atoms with van der Waals surface area (Å²) in [5.41, 5.74) is 2.81. The van der Waals surface area contributed by atoms with Crippen LogP contribution in [-0.2, 0) is 6.54 Å². The molecule has 0 spiro atoms. The van der Waals surface area contributed by atoms with Gasteiger partial charge in [0.2, 0.25) is 12.7 Å². The molecule has 0 fully saturated rings. The summed E-state index contributed by atoms with van der Waals surface area (Å²) in [6.07, 6.45) is 10.2. The number of nitrogens with one attached hydrogen (secondary N) is 1. The van der Waals surface area contributed by atoms with Crippen LogP contribution in [0.4, 0.5) is 5.82 Å². The monoisotopic (exact) mass is 397 g/mol. The van der Waals surface area contributed by atoms with E-state index in [1.165, 1.54) is 0 Å². The first-order valence-electron chi connectivity index (χ1n) is 8.37. The fourth-order valence-corrected chi connectivity index (χ4v) is 2.87. The van der Waals surface area contributed by atoms with E-state index in [0.29, 0.717) is 18.3 Å². The lowest BCUT2D eigenvalue weighted by molar-refractivity contribution is 0.174. The highest BCUT2D eigenvalue weighted by atomic mass is 35.5. The first-order chi connectivity index (χ1) is 13.4. The third kappa shape index (κ3) is 3.37. The Morgan fingerprint density at radius 1 is 1.14 bits per heavy atom. The highest BCUT2D eigenvalue weighted by Gasteiger charge is 2.15. The zero-order chi connectivity index (χ0) is 18.1. The zero-order valence-corrected chi connectivity index (χ0v) is 15.4. The molecule has 1 aromatic carbocycles. The number of aromatic nitrogens is 4. The number of anilines is 1. The highest BCUT2D eigenvalue weighted by Crippen LogP contribution is 2.33. The van der Waals surface area contributed by atoms with E-state index in [1.54, 1.807) is 42.0 Å². The SMILES string of the molecule is Cl.c1cn(-c2ncc(-c3ccoc3)c(NCc3ccc4c(c3)OCO4)n2)cn1. The number of imidazole rings is 1. The van der Waals surface area contributed by atoms with E-state index >= 15 is 0 Å². The van der Waals surface area contributed by atoms with Gasteiger partial charge in [-0.2, -0.15) is 4.98 Å². The number of hydrogen-bond donors (Lipinski definition) is 1. The second kappa shape index (κ2) is 7.61. The Labute approximate surface area is 166 Å². The minimum Gasteiger partial charge on any atom is -0.472 e. The van der Waals surface area contributed by atoms with Gasteiger partial charge < -0.3 is 19.2 Å². The average molecular weight is 398 g/mol. The van der Waals surface area contributed by atoms with Crippen LogP contribution < -0.4 is 14.8 Å². The van der Waals surface area contributed by atoms with Crippen LogP contribution in [0, 0.1) is 0 Å². The van der Waals surface area contributed by atoms with Gasteiger partial charge in [-0.05, 0) is 23.8 Å². The molecule has 28 heavy (non-hydrogen) atoms. The van der Waals surface area contributed by atoms with Crippen molar-refractivity contribution in [2.75, 3.05) is 12.1 Å². The Balaban J connectivity index is 0.00000192. The number of benzene rings is 1. The van der Waals surface area contributed by atoms with Gasteiger partial charge >= 0.3 is 0 Å². The van der Waals surface area contributed by atoms with E-state index in [9.17, 15) is 0 Å². The number of nitrogens with zero attached hydrogens (tertiary/aromatic N) is 4. The van der Waals surface area contributed by atoms with Crippen molar-refractivity contribution in [2.24, 2.45) is 0 Å². The van der Waals surface area contributed by atoms with Gasteiger partial charge in [0.25, 0.3) is 0 Å². The first kappa shape index (κ1) is 17.9. The van der Waals surface area contributed by atoms with Gasteiger partial charge in [0.15, 0.2) is 11.5 Å². The van der Waals surface area contributed by atoms with Crippen molar-refractivity contribution in [1.29, 1.82) is 0 Å². The third-order valence-electron chi connectivity index (χ3n) is 4.24. The van der Waals surface area contributed by atoms with E-state index < -0.39 is 0 Å². The molecule has 3 aromatic heterocycles. The molecule has 5 rings (SSSR count). The molecule has 0 amide bonds. The summed E-state index contributed by atoms with van der Waals surface area (Å²) in [4.78, 5) is 13.1. The molecule has 1 aliphatic heterocycles. The molecule has 4 heterocycles. The predicted octanol–water partition coefficient (Wildman–Crippen LogP) is 3.68. The predicted molar refractivity (Wildman–Crippen MR) is 104 cm³/mol. The first-order valence-corrected chi connectivity index (χ1v) is 8.37. The minimum atomic E-state index is 0. The summed E-state index contributed by atoms with van der Waals surface area (Å²) in [6, 6.07) is 7.75. The van der Waals surface area contributed by atoms with Crippen LogP contribution in [0.15, 0.2) is 66.1 Å². The zero-order valence-electron chi connectivity index (χ0n) is 14.6. The fourth-order valence-electron chi connectivity index (χ4n) is 2.87. The van der Waals surface area contributed by atoms with Gasteiger partial charge in [0.05, 0.1) is 12.5 Å². The molecule has 4 aromatic rings. The lowest BCUT2D eigenvalue weighted by Gasteiger charge is -2.12. The second-order valence-corrected chi connectivity index (χ2v) is 5.96. The second-order valence-electron chi connectivity index (χ2n) is 5.96. The van der Waals surface area contributed by atoms with Crippen LogP contribution in [-0.4, -0.2) is 26.3 Å². The molecule has 0 aliphatic carbocycles. The van der Waals surface area contributed by atoms with Gasteiger partial charge in [-0.3, -0.25) is 4.57 Å². The summed E-state index contributed by atoms with van der Waals surface area (Å²) < 4.78 is 17.8. The minimum absolute atomic E-state index is 0. The van der Waals surface area contributed by atoms with Crippen molar-refractivity contribution in [3.05, 3.63) is 67.3 Å². The van der Waals surface area contributed by atoms with Crippen LogP contribution in [0.3, 0.4) is 0 Å². The molecule has 8 nitrogen and oxygen atoms in total. The maximum atomic E-state index is 5.44. The number of ether oxygens (including phenoxy) is 2. The van der Waals surface area contributed by atoms with Crippen molar-refractivity contribution in [2.45, 2.75) is 6.54 Å². The quantitative estimate of drug-likeness (QED) is 0.549. The van der Waals surface area contributed by atoms with Crippen molar-refractivity contribution in [1.82, 2.24) is 19.5 Å². The molecule has 142 valence electrons. The summed E-state index contributed by atoms with van der Waals surface area (Å²) >= 11 is 0. The Bertz CT molecular complexity index is 1070. The van der Waals surface area contributed by atoms with Crippen molar-refractivity contribution >= 4 is 18.2 Å². The Hall–Kier alpha value is -3.52. The topological polar surface area (TPSA) is 87.2 Å². The summed E-state index contributed by atoms with van der Waals surface area (Å²) in [6.45, 7) is 0.832. The molecule has 0 saturated carbocycles. The van der Waals surface area contributed by atoms with Gasteiger partial charge in [0, 0.05) is 36.3 Å². The van der Waals surface area contributed by atoms with E-state index in [0.717, 1.165) is 28.2 Å². The Morgan fingerprint density at radius 3 is 2.89 bits per heavy atom. The van der Waals surface area contributed by atoms with Crippen LogP contribution in [0.25, 0.3) is 17.1 Å². The molecule has 0 radical (unpaired) electrons.